The molecule has 1 rings (SSSR count). The molecule has 0 saturated carbocycles. The number of halogens is 1. The van der Waals surface area contributed by atoms with Crippen molar-refractivity contribution in [3.8, 4) is 0 Å². The number of rotatable bonds is 5. The Labute approximate surface area is 108 Å². The van der Waals surface area contributed by atoms with Crippen molar-refractivity contribution < 1.29 is 4.92 Å². The predicted molar refractivity (Wildman–Crippen MR) is 71.3 cm³/mol. The van der Waals surface area contributed by atoms with Crippen LogP contribution in [0.4, 0.5) is 11.5 Å². The molecular weight excluding hydrogens is 286 g/mol. The monoisotopic (exact) mass is 299 g/mol. The Bertz CT molecular complexity index is 435. The number of nitro groups is 1. The van der Waals surface area contributed by atoms with Gasteiger partial charge in [0.1, 0.15) is 0 Å². The van der Waals surface area contributed by atoms with Gasteiger partial charge in [-0.2, -0.15) is 0 Å². The smallest absolute Gasteiger partial charge is 0.312 e. The maximum absolute atomic E-state index is 11.0. The van der Waals surface area contributed by atoms with Crippen molar-refractivity contribution in [1.82, 2.24) is 4.98 Å². The van der Waals surface area contributed by atoms with E-state index in [0.29, 0.717) is 16.8 Å². The third-order valence-corrected chi connectivity index (χ3v) is 2.67. The van der Waals surface area contributed by atoms with Gasteiger partial charge in [0.15, 0.2) is 0 Å². The van der Waals surface area contributed by atoms with Gasteiger partial charge in [-0.3, -0.25) is 10.1 Å². The largest absolute Gasteiger partial charge is 0.345 e. The highest BCUT2D eigenvalue weighted by Gasteiger charge is 2.22. The molecule has 6 heteroatoms. The van der Waals surface area contributed by atoms with E-state index in [2.05, 4.69) is 27.5 Å². The molecule has 1 aromatic rings. The summed E-state index contributed by atoms with van der Waals surface area (Å²) in [7, 11) is 0. The second-order valence-corrected chi connectivity index (χ2v) is 4.70. The summed E-state index contributed by atoms with van der Waals surface area (Å²) in [5, 5.41) is 11.0. The molecule has 17 heavy (non-hydrogen) atoms. The van der Waals surface area contributed by atoms with Gasteiger partial charge in [-0.1, -0.05) is 6.08 Å². The molecule has 0 spiro atoms. The molecule has 0 aliphatic heterocycles. The van der Waals surface area contributed by atoms with Crippen molar-refractivity contribution in [2.45, 2.75) is 19.9 Å². The summed E-state index contributed by atoms with van der Waals surface area (Å²) in [6.45, 7) is 8.08. The minimum Gasteiger partial charge on any atom is -0.345 e. The Kier molecular flexibility index (Phi) is 4.62. The summed E-state index contributed by atoms with van der Waals surface area (Å²) < 4.78 is 0.593. The Morgan fingerprint density at radius 1 is 1.71 bits per heavy atom. The molecule has 1 heterocycles. The van der Waals surface area contributed by atoms with Gasteiger partial charge in [-0.15, -0.1) is 6.58 Å². The number of aromatic nitrogens is 1. The normalized spacial score (nSPS) is 10.4. The van der Waals surface area contributed by atoms with Gasteiger partial charge in [-0.25, -0.2) is 4.98 Å². The summed E-state index contributed by atoms with van der Waals surface area (Å²) in [5.41, 5.74) is -0.00470. The molecule has 5 nitrogen and oxygen atoms in total. The molecule has 0 aliphatic rings. The summed E-state index contributed by atoms with van der Waals surface area (Å²) >= 11 is 3.18. The van der Waals surface area contributed by atoms with Crippen LogP contribution in [0.2, 0.25) is 0 Å². The molecule has 0 atom stereocenters. The zero-order chi connectivity index (χ0) is 13.0. The fourth-order valence-corrected chi connectivity index (χ4v) is 1.78. The third-order valence-electron chi connectivity index (χ3n) is 2.23. The Hall–Kier alpha value is -1.43. The van der Waals surface area contributed by atoms with Crippen LogP contribution in [0.3, 0.4) is 0 Å². The number of nitrogens with zero attached hydrogens (tertiary/aromatic N) is 3. The zero-order valence-electron chi connectivity index (χ0n) is 9.76. The highest BCUT2D eigenvalue weighted by molar-refractivity contribution is 9.10. The summed E-state index contributed by atoms with van der Waals surface area (Å²) in [6.07, 6.45) is 3.26. The van der Waals surface area contributed by atoms with E-state index < -0.39 is 4.92 Å². The van der Waals surface area contributed by atoms with Gasteiger partial charge in [-0.05, 0) is 29.8 Å². The molecular formula is C11H14BrN3O2. The second-order valence-electron chi connectivity index (χ2n) is 3.79. The Morgan fingerprint density at radius 2 is 2.35 bits per heavy atom. The lowest BCUT2D eigenvalue weighted by atomic mass is 10.2. The standard InChI is InChI=1S/C11H14BrN3O2/c1-4-5-14(8(2)3)11-10(15(16)17)6-9(12)7-13-11/h4,6-8H,1,5H2,2-3H3. The lowest BCUT2D eigenvalue weighted by Gasteiger charge is -2.25. The molecule has 0 fully saturated rings. The lowest BCUT2D eigenvalue weighted by molar-refractivity contribution is -0.384. The summed E-state index contributed by atoms with van der Waals surface area (Å²) in [5.74, 6) is 0.369. The van der Waals surface area contributed by atoms with Crippen molar-refractivity contribution in [2.75, 3.05) is 11.4 Å². The van der Waals surface area contributed by atoms with E-state index in [1.54, 1.807) is 12.3 Å². The van der Waals surface area contributed by atoms with Crippen molar-refractivity contribution in [3.63, 3.8) is 0 Å². The van der Waals surface area contributed by atoms with E-state index in [9.17, 15) is 10.1 Å². The molecule has 0 bridgehead atoms. The zero-order valence-corrected chi connectivity index (χ0v) is 11.3. The molecule has 0 N–H and O–H groups in total. The first-order chi connectivity index (χ1) is 7.97. The predicted octanol–water partition coefficient (Wildman–Crippen LogP) is 3.15. The Balaban J connectivity index is 3.26. The van der Waals surface area contributed by atoms with Crippen LogP contribution >= 0.6 is 15.9 Å². The fraction of sp³-hybridized carbons (Fsp3) is 0.364. The van der Waals surface area contributed by atoms with Crippen LogP contribution in [-0.2, 0) is 0 Å². The topological polar surface area (TPSA) is 59.3 Å². The van der Waals surface area contributed by atoms with Crippen molar-refractivity contribution in [1.29, 1.82) is 0 Å². The SMILES string of the molecule is C=CCN(c1ncc(Br)cc1[N+](=O)[O-])C(C)C. The van der Waals surface area contributed by atoms with Gasteiger partial charge >= 0.3 is 5.69 Å². The first-order valence-electron chi connectivity index (χ1n) is 5.14. The van der Waals surface area contributed by atoms with E-state index in [1.165, 1.54) is 6.07 Å². The third kappa shape index (κ3) is 3.26. The number of hydrogen-bond acceptors (Lipinski definition) is 4. The van der Waals surface area contributed by atoms with Gasteiger partial charge in [0.05, 0.1) is 4.92 Å². The van der Waals surface area contributed by atoms with Crippen LogP contribution in [0.5, 0.6) is 0 Å². The van der Waals surface area contributed by atoms with Crippen molar-refractivity contribution >= 4 is 27.4 Å². The lowest BCUT2D eigenvalue weighted by Crippen LogP contribution is -2.32. The quantitative estimate of drug-likeness (QED) is 0.476. The molecule has 0 aromatic carbocycles. The minimum atomic E-state index is -0.425. The van der Waals surface area contributed by atoms with Gasteiger partial charge < -0.3 is 4.90 Å². The van der Waals surface area contributed by atoms with Gasteiger partial charge in [0, 0.05) is 29.3 Å². The molecule has 0 saturated heterocycles. The van der Waals surface area contributed by atoms with Crippen molar-refractivity contribution in [3.05, 3.63) is 39.5 Å². The fourth-order valence-electron chi connectivity index (χ4n) is 1.46. The highest BCUT2D eigenvalue weighted by atomic mass is 79.9. The van der Waals surface area contributed by atoms with Crippen LogP contribution in [0.25, 0.3) is 0 Å². The first kappa shape index (κ1) is 13.6. The molecule has 0 radical (unpaired) electrons. The van der Waals surface area contributed by atoms with E-state index in [0.717, 1.165) is 0 Å². The average molecular weight is 300 g/mol. The molecule has 0 unspecified atom stereocenters. The van der Waals surface area contributed by atoms with Crippen LogP contribution in [0.15, 0.2) is 29.4 Å². The van der Waals surface area contributed by atoms with Gasteiger partial charge in [0.2, 0.25) is 5.82 Å². The minimum absolute atomic E-state index is 0.00470. The first-order valence-corrected chi connectivity index (χ1v) is 5.94. The van der Waals surface area contributed by atoms with Crippen LogP contribution in [0, 0.1) is 10.1 Å². The second kappa shape index (κ2) is 5.77. The summed E-state index contributed by atoms with van der Waals surface area (Å²) in [6, 6.07) is 1.57. The number of pyridine rings is 1. The van der Waals surface area contributed by atoms with E-state index in [4.69, 9.17) is 0 Å². The van der Waals surface area contributed by atoms with E-state index in [-0.39, 0.29) is 11.7 Å². The maximum atomic E-state index is 11.0. The van der Waals surface area contributed by atoms with Crippen molar-refractivity contribution in [2.24, 2.45) is 0 Å². The van der Waals surface area contributed by atoms with E-state index >= 15 is 0 Å². The van der Waals surface area contributed by atoms with Crippen LogP contribution in [-0.4, -0.2) is 22.5 Å². The molecule has 0 aliphatic carbocycles. The van der Waals surface area contributed by atoms with Gasteiger partial charge in [0.25, 0.3) is 0 Å². The molecule has 1 aromatic heterocycles. The highest BCUT2D eigenvalue weighted by Crippen LogP contribution is 2.29. The van der Waals surface area contributed by atoms with Crippen LogP contribution < -0.4 is 4.90 Å². The van der Waals surface area contributed by atoms with Crippen LogP contribution in [0.1, 0.15) is 13.8 Å². The average Bonchev–Trinajstić information content (AvgIpc) is 2.26. The maximum Gasteiger partial charge on any atom is 0.312 e. The number of anilines is 1. The molecule has 0 amide bonds. The Morgan fingerprint density at radius 3 is 2.82 bits per heavy atom. The molecule has 92 valence electrons. The van der Waals surface area contributed by atoms with E-state index in [1.807, 2.05) is 18.7 Å². The number of hydrogen-bond donors (Lipinski definition) is 0. The summed E-state index contributed by atoms with van der Waals surface area (Å²) in [4.78, 5) is 16.5.